The quantitative estimate of drug-likeness (QED) is 0.294. The molecular weight excluding hydrogens is 444 g/mol. The van der Waals surface area contributed by atoms with Crippen molar-refractivity contribution >= 4 is 5.91 Å². The minimum absolute atomic E-state index is 0.0473. The van der Waals surface area contributed by atoms with Gasteiger partial charge in [0.05, 0.1) is 11.7 Å². The van der Waals surface area contributed by atoms with Gasteiger partial charge < -0.3 is 16.0 Å². The topological polar surface area (TPSA) is 83.8 Å². The molecule has 5 heteroatoms. The Bertz CT molecular complexity index is 1240. The number of H-pyrrole nitrogens is 1. The molecule has 1 atom stereocenters. The highest BCUT2D eigenvalue weighted by molar-refractivity contribution is 5.79. The Kier molecular flexibility index (Phi) is 7.58. The van der Waals surface area contributed by atoms with Crippen molar-refractivity contribution in [2.45, 2.75) is 38.1 Å². The number of nitrogens with one attached hydrogen (secondary N) is 2. The lowest BCUT2D eigenvalue weighted by Crippen LogP contribution is -2.37. The summed E-state index contributed by atoms with van der Waals surface area (Å²) in [5.41, 5.74) is 11.3. The van der Waals surface area contributed by atoms with Crippen molar-refractivity contribution in [3.8, 4) is 22.4 Å². The zero-order valence-corrected chi connectivity index (χ0v) is 20.6. The second-order valence-electron chi connectivity index (χ2n) is 9.82. The van der Waals surface area contributed by atoms with Crippen LogP contribution < -0.4 is 11.1 Å². The summed E-state index contributed by atoms with van der Waals surface area (Å²) in [6, 6.07) is 28.8. The molecule has 1 aliphatic carbocycles. The Labute approximate surface area is 213 Å². The molecule has 1 unspecified atom stereocenters. The first-order chi connectivity index (χ1) is 17.7. The van der Waals surface area contributed by atoms with Gasteiger partial charge in [-0.3, -0.25) is 4.79 Å². The van der Waals surface area contributed by atoms with Crippen molar-refractivity contribution in [2.75, 3.05) is 6.54 Å². The van der Waals surface area contributed by atoms with E-state index in [0.29, 0.717) is 18.9 Å². The van der Waals surface area contributed by atoms with E-state index in [0.717, 1.165) is 42.8 Å². The molecule has 1 aromatic heterocycles. The van der Waals surface area contributed by atoms with Gasteiger partial charge in [-0.05, 0) is 61.3 Å². The van der Waals surface area contributed by atoms with Gasteiger partial charge in [0.15, 0.2) is 0 Å². The average Bonchev–Trinajstić information content (AvgIpc) is 3.44. The van der Waals surface area contributed by atoms with Gasteiger partial charge in [0.2, 0.25) is 5.91 Å². The number of aromatic amines is 1. The number of amides is 1. The fraction of sp³-hybridized carbons (Fsp3) is 0.290. The van der Waals surface area contributed by atoms with E-state index in [1.165, 1.54) is 16.7 Å². The number of benzene rings is 3. The number of aromatic nitrogens is 2. The highest BCUT2D eigenvalue weighted by Gasteiger charge is 2.28. The van der Waals surface area contributed by atoms with Crippen LogP contribution in [0.1, 0.15) is 43.1 Å². The molecule has 1 aliphatic rings. The molecule has 0 aliphatic heterocycles. The first-order valence-electron chi connectivity index (χ1n) is 12.9. The molecule has 1 saturated carbocycles. The van der Waals surface area contributed by atoms with Crippen molar-refractivity contribution in [1.82, 2.24) is 15.3 Å². The predicted octanol–water partition coefficient (Wildman–Crippen LogP) is 5.91. The third kappa shape index (κ3) is 5.74. The lowest BCUT2D eigenvalue weighted by Gasteiger charge is -2.28. The summed E-state index contributed by atoms with van der Waals surface area (Å²) >= 11 is 0. The monoisotopic (exact) mass is 478 g/mol. The fourth-order valence-corrected chi connectivity index (χ4v) is 5.14. The van der Waals surface area contributed by atoms with E-state index in [1.807, 2.05) is 42.6 Å². The van der Waals surface area contributed by atoms with Gasteiger partial charge in [0.1, 0.15) is 5.82 Å². The standard InChI is InChI=1S/C31H34N4O/c32-20-23-11-13-27(14-12-23)31(36)35-28(19-22-7-3-1-4-8-22)30-33-21-29(34-30)26-17-15-25(16-18-26)24-9-5-2-6-10-24/h1-10,15-18,21,23,27-28H,11-14,19-20,32H2,(H,33,34)(H,35,36). The molecule has 5 rings (SSSR count). The second kappa shape index (κ2) is 11.4. The van der Waals surface area contributed by atoms with Crippen LogP contribution in [0.4, 0.5) is 0 Å². The van der Waals surface area contributed by atoms with E-state index < -0.39 is 0 Å². The summed E-state index contributed by atoms with van der Waals surface area (Å²) in [7, 11) is 0. The number of hydrogen-bond acceptors (Lipinski definition) is 3. The maximum Gasteiger partial charge on any atom is 0.223 e. The summed E-state index contributed by atoms with van der Waals surface area (Å²) < 4.78 is 0. The third-order valence-corrected chi connectivity index (χ3v) is 7.37. The lowest BCUT2D eigenvalue weighted by atomic mass is 9.81. The molecule has 1 amide bonds. The summed E-state index contributed by atoms with van der Waals surface area (Å²) in [5.74, 6) is 1.50. The Morgan fingerprint density at radius 3 is 2.14 bits per heavy atom. The van der Waals surface area contributed by atoms with Crippen LogP contribution in [0.5, 0.6) is 0 Å². The molecule has 0 saturated heterocycles. The van der Waals surface area contributed by atoms with Crippen LogP contribution in [0.25, 0.3) is 22.4 Å². The Hall–Kier alpha value is -3.70. The van der Waals surface area contributed by atoms with Gasteiger partial charge in [-0.15, -0.1) is 0 Å². The van der Waals surface area contributed by atoms with Crippen molar-refractivity contribution in [2.24, 2.45) is 17.6 Å². The molecule has 0 spiro atoms. The number of nitrogens with two attached hydrogens (primary N) is 1. The van der Waals surface area contributed by atoms with Gasteiger partial charge >= 0.3 is 0 Å². The van der Waals surface area contributed by atoms with Crippen LogP contribution in [0.2, 0.25) is 0 Å². The van der Waals surface area contributed by atoms with E-state index >= 15 is 0 Å². The first kappa shape index (κ1) is 24.0. The van der Waals surface area contributed by atoms with Crippen molar-refractivity contribution in [1.29, 1.82) is 0 Å². The summed E-state index contributed by atoms with van der Waals surface area (Å²) in [4.78, 5) is 21.5. The van der Waals surface area contributed by atoms with Crippen molar-refractivity contribution in [3.63, 3.8) is 0 Å². The Balaban J connectivity index is 1.33. The van der Waals surface area contributed by atoms with Gasteiger partial charge in [-0.25, -0.2) is 4.98 Å². The second-order valence-corrected chi connectivity index (χ2v) is 9.82. The van der Waals surface area contributed by atoms with Gasteiger partial charge in [0.25, 0.3) is 0 Å². The SMILES string of the molecule is NCC1CCC(C(=O)NC(Cc2ccccc2)c2nc(-c3ccc(-c4ccccc4)cc3)c[nH]2)CC1. The normalized spacial score (nSPS) is 18.5. The number of carbonyl (C=O) groups excluding carboxylic acids is 1. The van der Waals surface area contributed by atoms with E-state index in [1.54, 1.807) is 0 Å². The first-order valence-corrected chi connectivity index (χ1v) is 12.9. The molecule has 1 fully saturated rings. The Morgan fingerprint density at radius 1 is 0.861 bits per heavy atom. The Morgan fingerprint density at radius 2 is 1.47 bits per heavy atom. The van der Waals surface area contributed by atoms with Gasteiger partial charge in [-0.1, -0.05) is 84.9 Å². The minimum Gasteiger partial charge on any atom is -0.346 e. The van der Waals surface area contributed by atoms with E-state index in [9.17, 15) is 4.79 Å². The van der Waals surface area contributed by atoms with Crippen LogP contribution in [-0.4, -0.2) is 22.4 Å². The highest BCUT2D eigenvalue weighted by atomic mass is 16.1. The van der Waals surface area contributed by atoms with Crippen molar-refractivity contribution in [3.05, 3.63) is 103 Å². The van der Waals surface area contributed by atoms with Crippen LogP contribution >= 0.6 is 0 Å². The minimum atomic E-state index is -0.218. The molecular formula is C31H34N4O. The molecule has 0 bridgehead atoms. The number of hydrogen-bond donors (Lipinski definition) is 3. The molecule has 5 nitrogen and oxygen atoms in total. The molecule has 4 aromatic rings. The van der Waals surface area contributed by atoms with Crippen LogP contribution in [0.15, 0.2) is 91.1 Å². The van der Waals surface area contributed by atoms with E-state index in [-0.39, 0.29) is 17.9 Å². The van der Waals surface area contributed by atoms with Gasteiger partial charge in [0, 0.05) is 17.7 Å². The highest BCUT2D eigenvalue weighted by Crippen LogP contribution is 2.30. The molecule has 4 N–H and O–H groups in total. The smallest absolute Gasteiger partial charge is 0.223 e. The summed E-state index contributed by atoms with van der Waals surface area (Å²) in [6.07, 6.45) is 6.49. The fourth-order valence-electron chi connectivity index (χ4n) is 5.14. The number of rotatable bonds is 8. The van der Waals surface area contributed by atoms with E-state index in [2.05, 4.69) is 58.8 Å². The lowest BCUT2D eigenvalue weighted by molar-refractivity contribution is -0.127. The summed E-state index contributed by atoms with van der Waals surface area (Å²) in [6.45, 7) is 0.715. The molecule has 3 aromatic carbocycles. The van der Waals surface area contributed by atoms with Crippen molar-refractivity contribution < 1.29 is 4.79 Å². The van der Waals surface area contributed by atoms with E-state index in [4.69, 9.17) is 10.7 Å². The zero-order valence-electron chi connectivity index (χ0n) is 20.6. The maximum atomic E-state index is 13.2. The zero-order chi connectivity index (χ0) is 24.7. The number of imidazole rings is 1. The third-order valence-electron chi connectivity index (χ3n) is 7.37. The maximum absolute atomic E-state index is 13.2. The number of nitrogens with zero attached hydrogens (tertiary/aromatic N) is 1. The molecule has 1 heterocycles. The van der Waals surface area contributed by atoms with Crippen LogP contribution in [-0.2, 0) is 11.2 Å². The molecule has 36 heavy (non-hydrogen) atoms. The van der Waals surface area contributed by atoms with Crippen LogP contribution in [0.3, 0.4) is 0 Å². The average molecular weight is 479 g/mol. The molecule has 184 valence electrons. The molecule has 0 radical (unpaired) electrons. The largest absolute Gasteiger partial charge is 0.346 e. The number of carbonyl (C=O) groups is 1. The van der Waals surface area contributed by atoms with Crippen LogP contribution in [0, 0.1) is 11.8 Å². The predicted molar refractivity (Wildman–Crippen MR) is 145 cm³/mol. The summed E-state index contributed by atoms with van der Waals surface area (Å²) in [5, 5.41) is 3.32. The van der Waals surface area contributed by atoms with Gasteiger partial charge in [-0.2, -0.15) is 0 Å².